The van der Waals surface area contributed by atoms with Gasteiger partial charge in [0.1, 0.15) is 0 Å². The van der Waals surface area contributed by atoms with E-state index in [0.717, 1.165) is 33.8 Å². The maximum Gasteiger partial charge on any atom is 0.231 e. The number of benzene rings is 2. The summed E-state index contributed by atoms with van der Waals surface area (Å²) in [4.78, 5) is 16.5. The molecule has 0 unspecified atom stereocenters. The maximum atomic E-state index is 12.5. The molecule has 0 fully saturated rings. The van der Waals surface area contributed by atoms with Crippen molar-refractivity contribution < 1.29 is 14.3 Å². The minimum absolute atomic E-state index is 0.0158. The molecule has 1 aliphatic rings. The summed E-state index contributed by atoms with van der Waals surface area (Å²) in [5.74, 6) is 1.42. The lowest BCUT2D eigenvalue weighted by molar-refractivity contribution is -0.121. The number of pyridine rings is 1. The van der Waals surface area contributed by atoms with Crippen molar-refractivity contribution in [2.45, 2.75) is 19.4 Å². The monoisotopic (exact) mass is 426 g/mol. The first-order valence-corrected chi connectivity index (χ1v) is 10.5. The Morgan fingerprint density at radius 1 is 1.03 bits per heavy atom. The van der Waals surface area contributed by atoms with E-state index in [1.54, 1.807) is 12.4 Å². The second-order valence-corrected chi connectivity index (χ2v) is 7.49. The van der Waals surface area contributed by atoms with Crippen LogP contribution in [0.2, 0.25) is 0 Å². The van der Waals surface area contributed by atoms with Gasteiger partial charge in [0.05, 0.1) is 11.4 Å². The fourth-order valence-electron chi connectivity index (χ4n) is 3.63. The Kier molecular flexibility index (Phi) is 5.53. The summed E-state index contributed by atoms with van der Waals surface area (Å²) in [5, 5.41) is 7.79. The van der Waals surface area contributed by atoms with Crippen molar-refractivity contribution in [3.05, 3.63) is 90.4 Å². The molecule has 0 aliphatic carbocycles. The van der Waals surface area contributed by atoms with Gasteiger partial charge in [0, 0.05) is 37.1 Å². The fourth-order valence-corrected chi connectivity index (χ4v) is 3.63. The van der Waals surface area contributed by atoms with Gasteiger partial charge in [0.15, 0.2) is 11.5 Å². The van der Waals surface area contributed by atoms with E-state index < -0.39 is 0 Å². The van der Waals surface area contributed by atoms with Gasteiger partial charge < -0.3 is 14.8 Å². The van der Waals surface area contributed by atoms with E-state index >= 15 is 0 Å². The Labute approximate surface area is 185 Å². The highest BCUT2D eigenvalue weighted by molar-refractivity contribution is 5.77. The van der Waals surface area contributed by atoms with E-state index in [-0.39, 0.29) is 12.7 Å². The first-order valence-electron chi connectivity index (χ1n) is 10.5. The number of fused-ring (bicyclic) bond motifs is 1. The van der Waals surface area contributed by atoms with Crippen molar-refractivity contribution >= 4 is 5.91 Å². The van der Waals surface area contributed by atoms with Crippen molar-refractivity contribution in [2.24, 2.45) is 0 Å². The summed E-state index contributed by atoms with van der Waals surface area (Å²) in [6.07, 6.45) is 6.38. The SMILES string of the molecule is O=C(CCc1cn(-c2ccccc2)nc1-c1ccc2c(c1)OCO2)NCc1cccnc1. The number of amides is 1. The normalized spacial score (nSPS) is 12.0. The van der Waals surface area contributed by atoms with E-state index in [9.17, 15) is 4.79 Å². The molecule has 7 nitrogen and oxygen atoms in total. The number of ether oxygens (including phenoxy) is 2. The molecule has 32 heavy (non-hydrogen) atoms. The topological polar surface area (TPSA) is 78.3 Å². The molecule has 1 amide bonds. The molecule has 1 N–H and O–H groups in total. The lowest BCUT2D eigenvalue weighted by Gasteiger charge is -2.06. The minimum atomic E-state index is -0.0158. The van der Waals surface area contributed by atoms with Crippen molar-refractivity contribution in [2.75, 3.05) is 6.79 Å². The van der Waals surface area contributed by atoms with Crippen LogP contribution in [0.3, 0.4) is 0 Å². The van der Waals surface area contributed by atoms with E-state index in [1.807, 2.05) is 71.5 Å². The van der Waals surface area contributed by atoms with E-state index in [2.05, 4.69) is 10.3 Å². The summed E-state index contributed by atoms with van der Waals surface area (Å²) in [7, 11) is 0. The lowest BCUT2D eigenvalue weighted by atomic mass is 10.0. The third-order valence-electron chi connectivity index (χ3n) is 5.29. The molecule has 7 heteroatoms. The second-order valence-electron chi connectivity index (χ2n) is 7.49. The van der Waals surface area contributed by atoms with Crippen LogP contribution in [-0.4, -0.2) is 27.5 Å². The molecule has 4 aromatic rings. The Morgan fingerprint density at radius 3 is 2.75 bits per heavy atom. The summed E-state index contributed by atoms with van der Waals surface area (Å²) >= 11 is 0. The average Bonchev–Trinajstić information content (AvgIpc) is 3.49. The van der Waals surface area contributed by atoms with Crippen molar-refractivity contribution in [3.63, 3.8) is 0 Å². The Hall–Kier alpha value is -4.13. The first kappa shape index (κ1) is 19.8. The summed E-state index contributed by atoms with van der Waals surface area (Å²) in [6.45, 7) is 0.687. The fraction of sp³-hybridized carbons (Fsp3) is 0.160. The van der Waals surface area contributed by atoms with Gasteiger partial charge in [-0.3, -0.25) is 9.78 Å². The maximum absolute atomic E-state index is 12.5. The smallest absolute Gasteiger partial charge is 0.231 e. The van der Waals surface area contributed by atoms with Crippen molar-refractivity contribution in [1.29, 1.82) is 0 Å². The standard InChI is InChI=1S/C25H22N4O3/c30-24(27-15-18-5-4-12-26-14-18)11-9-20-16-29(21-6-2-1-3-7-21)28-25(20)19-8-10-22-23(13-19)32-17-31-22/h1-8,10,12-14,16H,9,11,15,17H2,(H,27,30). The summed E-state index contributed by atoms with van der Waals surface area (Å²) < 4.78 is 12.8. The van der Waals surface area contributed by atoms with Gasteiger partial charge in [-0.1, -0.05) is 24.3 Å². The van der Waals surface area contributed by atoms with Crippen molar-refractivity contribution in [3.8, 4) is 28.4 Å². The van der Waals surface area contributed by atoms with Crippen LogP contribution in [0.25, 0.3) is 16.9 Å². The third-order valence-corrected chi connectivity index (χ3v) is 5.29. The molecule has 1 aliphatic heterocycles. The molecule has 0 bridgehead atoms. The number of hydrogen-bond acceptors (Lipinski definition) is 5. The largest absolute Gasteiger partial charge is 0.454 e. The van der Waals surface area contributed by atoms with E-state index in [1.165, 1.54) is 0 Å². The molecule has 3 heterocycles. The molecular formula is C25H22N4O3. The molecular weight excluding hydrogens is 404 g/mol. The molecule has 160 valence electrons. The van der Waals surface area contributed by atoms with Crippen LogP contribution in [0.4, 0.5) is 0 Å². The number of carbonyl (C=O) groups is 1. The zero-order valence-electron chi connectivity index (χ0n) is 17.4. The molecule has 2 aromatic carbocycles. The van der Waals surface area contributed by atoms with Gasteiger partial charge in [-0.25, -0.2) is 4.68 Å². The molecule has 2 aromatic heterocycles. The van der Waals surface area contributed by atoms with Crippen LogP contribution in [-0.2, 0) is 17.8 Å². The van der Waals surface area contributed by atoms with E-state index in [4.69, 9.17) is 14.6 Å². The van der Waals surface area contributed by atoms with Gasteiger partial charge in [-0.15, -0.1) is 0 Å². The number of para-hydroxylation sites is 1. The van der Waals surface area contributed by atoms with Gasteiger partial charge in [-0.2, -0.15) is 5.10 Å². The van der Waals surface area contributed by atoms with Gasteiger partial charge in [0.2, 0.25) is 12.7 Å². The minimum Gasteiger partial charge on any atom is -0.454 e. The van der Waals surface area contributed by atoms with E-state index in [0.29, 0.717) is 25.1 Å². The molecule has 0 radical (unpaired) electrons. The highest BCUT2D eigenvalue weighted by Crippen LogP contribution is 2.36. The van der Waals surface area contributed by atoms with Gasteiger partial charge in [-0.05, 0) is 53.9 Å². The van der Waals surface area contributed by atoms with Crippen LogP contribution in [0.15, 0.2) is 79.3 Å². The number of hydrogen-bond donors (Lipinski definition) is 1. The molecule has 0 atom stereocenters. The van der Waals surface area contributed by atoms with Crippen LogP contribution in [0.5, 0.6) is 11.5 Å². The Morgan fingerprint density at radius 2 is 1.91 bits per heavy atom. The summed E-state index contributed by atoms with van der Waals surface area (Å²) in [6, 6.07) is 19.5. The lowest BCUT2D eigenvalue weighted by Crippen LogP contribution is -2.23. The number of rotatable bonds is 7. The molecule has 5 rings (SSSR count). The van der Waals surface area contributed by atoms with Crippen LogP contribution >= 0.6 is 0 Å². The number of aryl methyl sites for hydroxylation is 1. The zero-order valence-corrected chi connectivity index (χ0v) is 17.4. The van der Waals surface area contributed by atoms with Gasteiger partial charge in [0.25, 0.3) is 0 Å². The Balaban J connectivity index is 1.36. The second kappa shape index (κ2) is 8.93. The van der Waals surface area contributed by atoms with Crippen LogP contribution in [0, 0.1) is 0 Å². The number of aromatic nitrogens is 3. The molecule has 0 saturated carbocycles. The Bertz CT molecular complexity index is 1220. The predicted octanol–water partition coefficient (Wildman–Crippen LogP) is 3.91. The van der Waals surface area contributed by atoms with Crippen LogP contribution < -0.4 is 14.8 Å². The summed E-state index contributed by atoms with van der Waals surface area (Å²) in [5.41, 5.74) is 4.67. The number of nitrogens with one attached hydrogen (secondary N) is 1. The van der Waals surface area contributed by atoms with Gasteiger partial charge >= 0.3 is 0 Å². The zero-order chi connectivity index (χ0) is 21.8. The quantitative estimate of drug-likeness (QED) is 0.485. The highest BCUT2D eigenvalue weighted by atomic mass is 16.7. The first-order chi connectivity index (χ1) is 15.8. The van der Waals surface area contributed by atoms with Crippen molar-refractivity contribution in [1.82, 2.24) is 20.1 Å². The molecule has 0 spiro atoms. The number of nitrogens with zero attached hydrogens (tertiary/aromatic N) is 3. The third kappa shape index (κ3) is 4.32. The number of carbonyl (C=O) groups excluding carboxylic acids is 1. The average molecular weight is 426 g/mol. The highest BCUT2D eigenvalue weighted by Gasteiger charge is 2.18. The predicted molar refractivity (Wildman–Crippen MR) is 120 cm³/mol. The van der Waals surface area contributed by atoms with Crippen LogP contribution in [0.1, 0.15) is 17.5 Å². The molecule has 0 saturated heterocycles.